The first-order chi connectivity index (χ1) is 11.1. The smallest absolute Gasteiger partial charge is 0.256 e. The van der Waals surface area contributed by atoms with Crippen LogP contribution in [-0.2, 0) is 17.2 Å². The molecule has 2 aromatic rings. The van der Waals surface area contributed by atoms with Gasteiger partial charge in [0, 0.05) is 18.0 Å². The molecule has 1 aromatic carbocycles. The van der Waals surface area contributed by atoms with Gasteiger partial charge in [-0.15, -0.1) is 0 Å². The molecule has 7 heteroatoms. The van der Waals surface area contributed by atoms with Crippen molar-refractivity contribution < 1.29 is 17.4 Å². The first-order valence-electron chi connectivity index (χ1n) is 7.17. The third kappa shape index (κ3) is 4.74. The Balaban J connectivity index is 2.15. The number of aromatic nitrogens is 1. The van der Waals surface area contributed by atoms with Crippen molar-refractivity contribution in [3.05, 3.63) is 53.7 Å². The molecule has 0 radical (unpaired) electrons. The highest BCUT2D eigenvalue weighted by molar-refractivity contribution is 7.85. The van der Waals surface area contributed by atoms with Crippen LogP contribution in [0.15, 0.2) is 47.0 Å². The summed E-state index contributed by atoms with van der Waals surface area (Å²) in [7, 11) is -1.34. The van der Waals surface area contributed by atoms with E-state index >= 15 is 0 Å². The lowest BCUT2D eigenvalue weighted by Crippen LogP contribution is -2.19. The molecule has 1 atom stereocenters. The van der Waals surface area contributed by atoms with E-state index in [4.69, 9.17) is 0 Å². The van der Waals surface area contributed by atoms with Gasteiger partial charge in [0.1, 0.15) is 11.0 Å². The molecule has 0 fully saturated rings. The summed E-state index contributed by atoms with van der Waals surface area (Å²) in [5.41, 5.74) is 1.12. The molecule has 0 saturated carbocycles. The van der Waals surface area contributed by atoms with Crippen LogP contribution < -0.4 is 0 Å². The van der Waals surface area contributed by atoms with Crippen LogP contribution in [0.2, 0.25) is 0 Å². The Labute approximate surface area is 141 Å². The number of alkyl halides is 3. The zero-order chi connectivity index (χ0) is 18.0. The van der Waals surface area contributed by atoms with Crippen molar-refractivity contribution in [1.29, 1.82) is 0 Å². The molecular formula is C17H17F3N2OS. The van der Waals surface area contributed by atoms with Crippen LogP contribution in [0.4, 0.5) is 13.2 Å². The number of benzene rings is 1. The number of halogens is 3. The highest BCUT2D eigenvalue weighted by atomic mass is 32.2. The van der Waals surface area contributed by atoms with Crippen LogP contribution in [0.3, 0.4) is 0 Å². The average molecular weight is 354 g/mol. The molecule has 1 heterocycles. The summed E-state index contributed by atoms with van der Waals surface area (Å²) in [4.78, 5) is 3.85. The summed E-state index contributed by atoms with van der Waals surface area (Å²) in [6.45, 7) is 5.50. The number of hydrogen-bond acceptors (Lipinski definition) is 2. The van der Waals surface area contributed by atoms with Gasteiger partial charge in [0.05, 0.1) is 16.0 Å². The Kier molecular flexibility index (Phi) is 5.22. The normalized spacial score (nSPS) is 14.1. The molecule has 0 N–H and O–H groups in total. The van der Waals surface area contributed by atoms with Crippen LogP contribution in [0.1, 0.15) is 31.9 Å². The summed E-state index contributed by atoms with van der Waals surface area (Å²) in [5, 5.41) is 0. The summed E-state index contributed by atoms with van der Waals surface area (Å²) in [6, 6.07) is 9.30. The first-order valence-corrected chi connectivity index (χ1v) is 8.28. The van der Waals surface area contributed by atoms with Gasteiger partial charge >= 0.3 is 6.18 Å². The maximum absolute atomic E-state index is 12.5. The van der Waals surface area contributed by atoms with Crippen LogP contribution in [0, 0.1) is 0 Å². The molecule has 0 aliphatic rings. The van der Waals surface area contributed by atoms with E-state index in [2.05, 4.69) is 9.38 Å². The average Bonchev–Trinajstić information content (AvgIpc) is 2.51. The quantitative estimate of drug-likeness (QED) is 0.753. The molecule has 0 aliphatic heterocycles. The molecular weight excluding hydrogens is 337 g/mol. The van der Waals surface area contributed by atoms with Crippen molar-refractivity contribution in [2.75, 3.05) is 0 Å². The molecule has 0 bridgehead atoms. The van der Waals surface area contributed by atoms with Crippen molar-refractivity contribution >= 4 is 17.2 Å². The highest BCUT2D eigenvalue weighted by Gasteiger charge is 2.30. The Hall–Kier alpha value is -2.02. The van der Waals surface area contributed by atoms with Crippen molar-refractivity contribution in [2.45, 2.75) is 31.7 Å². The van der Waals surface area contributed by atoms with Crippen molar-refractivity contribution in [2.24, 2.45) is 4.40 Å². The second-order valence-corrected chi connectivity index (χ2v) is 8.08. The van der Waals surface area contributed by atoms with Gasteiger partial charge in [0.15, 0.2) is 0 Å². The van der Waals surface area contributed by atoms with Gasteiger partial charge in [-0.2, -0.15) is 17.6 Å². The lowest BCUT2D eigenvalue weighted by molar-refractivity contribution is -0.137. The third-order valence-corrected chi connectivity index (χ3v) is 4.46. The molecule has 0 saturated heterocycles. The van der Waals surface area contributed by atoms with E-state index in [1.165, 1.54) is 12.3 Å². The summed E-state index contributed by atoms with van der Waals surface area (Å²) >= 11 is 0. The fourth-order valence-corrected chi connectivity index (χ4v) is 2.27. The maximum atomic E-state index is 12.5. The zero-order valence-corrected chi connectivity index (χ0v) is 14.3. The summed E-state index contributed by atoms with van der Waals surface area (Å²) in [5.74, 6) is 0. The second-order valence-electron chi connectivity index (χ2n) is 6.15. The van der Waals surface area contributed by atoms with Gasteiger partial charge in [-0.05, 0) is 38.5 Å². The molecule has 0 unspecified atom stereocenters. The lowest BCUT2D eigenvalue weighted by Gasteiger charge is -2.12. The van der Waals surface area contributed by atoms with Gasteiger partial charge in [-0.1, -0.05) is 24.3 Å². The van der Waals surface area contributed by atoms with Gasteiger partial charge in [0.25, 0.3) is 0 Å². The molecule has 1 aromatic heterocycles. The summed E-state index contributed by atoms with van der Waals surface area (Å²) in [6.07, 6.45) is -2.06. The molecule has 128 valence electrons. The van der Waals surface area contributed by atoms with Gasteiger partial charge in [-0.25, -0.2) is 4.21 Å². The van der Waals surface area contributed by atoms with E-state index in [1.54, 1.807) is 24.3 Å². The minimum absolute atomic E-state index is 0.430. The Morgan fingerprint density at radius 1 is 1.04 bits per heavy atom. The van der Waals surface area contributed by atoms with E-state index in [1.807, 2.05) is 20.8 Å². The topological polar surface area (TPSA) is 42.3 Å². The largest absolute Gasteiger partial charge is 0.417 e. The SMILES string of the molecule is CC(C)(C)[S@@](=O)N=Cc1ccc(-c2ccc(C(F)(F)F)cn2)cc1. The van der Waals surface area contributed by atoms with Crippen molar-refractivity contribution in [3.63, 3.8) is 0 Å². The van der Waals surface area contributed by atoms with E-state index < -0.39 is 27.5 Å². The Bertz CT molecular complexity index is 745. The fourth-order valence-electron chi connectivity index (χ4n) is 1.74. The monoisotopic (exact) mass is 354 g/mol. The highest BCUT2D eigenvalue weighted by Crippen LogP contribution is 2.29. The molecule has 0 spiro atoms. The van der Waals surface area contributed by atoms with Crippen LogP contribution >= 0.6 is 0 Å². The molecule has 0 amide bonds. The predicted octanol–water partition coefficient (Wildman–Crippen LogP) is 4.65. The second kappa shape index (κ2) is 6.84. The minimum atomic E-state index is -4.39. The summed E-state index contributed by atoms with van der Waals surface area (Å²) < 4.78 is 53.0. The standard InChI is InChI=1S/C17H17F3N2OS/c1-16(2,3)24(23)22-10-12-4-6-13(7-5-12)15-9-8-14(11-21-15)17(18,19)20/h4-11H,1-3H3/t24-/m1/s1. The number of nitrogens with zero attached hydrogens (tertiary/aromatic N) is 2. The van der Waals surface area contributed by atoms with Gasteiger partial charge in [0.2, 0.25) is 0 Å². The number of pyridine rings is 1. The fraction of sp³-hybridized carbons (Fsp3) is 0.294. The van der Waals surface area contributed by atoms with E-state index in [-0.39, 0.29) is 0 Å². The molecule has 2 rings (SSSR count). The van der Waals surface area contributed by atoms with Crippen molar-refractivity contribution in [3.8, 4) is 11.3 Å². The maximum Gasteiger partial charge on any atom is 0.417 e. The zero-order valence-electron chi connectivity index (χ0n) is 13.5. The number of rotatable bonds is 3. The lowest BCUT2D eigenvalue weighted by atomic mass is 10.1. The van der Waals surface area contributed by atoms with Crippen molar-refractivity contribution in [1.82, 2.24) is 4.98 Å². The van der Waals surface area contributed by atoms with Gasteiger partial charge in [-0.3, -0.25) is 4.98 Å². The Morgan fingerprint density at radius 2 is 1.67 bits per heavy atom. The molecule has 24 heavy (non-hydrogen) atoms. The minimum Gasteiger partial charge on any atom is -0.256 e. The predicted molar refractivity (Wildman–Crippen MR) is 90.2 cm³/mol. The van der Waals surface area contributed by atoms with Crippen LogP contribution in [-0.4, -0.2) is 20.2 Å². The first kappa shape index (κ1) is 18.3. The van der Waals surface area contributed by atoms with Gasteiger partial charge < -0.3 is 0 Å². The number of hydrogen-bond donors (Lipinski definition) is 0. The Morgan fingerprint density at radius 3 is 2.12 bits per heavy atom. The third-order valence-electron chi connectivity index (χ3n) is 3.12. The van der Waals surface area contributed by atoms with E-state index in [9.17, 15) is 17.4 Å². The van der Waals surface area contributed by atoms with E-state index in [0.29, 0.717) is 11.3 Å². The molecule has 3 nitrogen and oxygen atoms in total. The van der Waals surface area contributed by atoms with Crippen LogP contribution in [0.5, 0.6) is 0 Å². The molecule has 0 aliphatic carbocycles. The van der Waals surface area contributed by atoms with Crippen LogP contribution in [0.25, 0.3) is 11.3 Å². The van der Waals surface area contributed by atoms with E-state index in [0.717, 1.165) is 17.8 Å².